The third-order valence-electron chi connectivity index (χ3n) is 2.51. The maximum Gasteiger partial charge on any atom is 0.230 e. The highest BCUT2D eigenvalue weighted by Gasteiger charge is 2.27. The Kier molecular flexibility index (Phi) is 6.65. The van der Waals surface area contributed by atoms with Gasteiger partial charge in [0.05, 0.1) is 5.75 Å². The fraction of sp³-hybridized carbons (Fsp3) is 0.727. The van der Waals surface area contributed by atoms with Gasteiger partial charge in [-0.2, -0.15) is 0 Å². The molecule has 3 amide bonds. The van der Waals surface area contributed by atoms with Gasteiger partial charge in [0.2, 0.25) is 17.7 Å². The Morgan fingerprint density at radius 1 is 1.53 bits per heavy atom. The molecule has 0 aromatic rings. The molecule has 0 aromatic carbocycles. The average molecular weight is 288 g/mol. The summed E-state index contributed by atoms with van der Waals surface area (Å²) in [5.74, 6) is -0.408. The van der Waals surface area contributed by atoms with E-state index in [0.717, 1.165) is 6.42 Å². The van der Waals surface area contributed by atoms with Gasteiger partial charge in [-0.15, -0.1) is 11.8 Å². The third kappa shape index (κ3) is 6.44. The van der Waals surface area contributed by atoms with Crippen LogP contribution in [0.1, 0.15) is 26.2 Å². The number of carbonyl (C=O) groups excluding carboxylic acids is 3. The molecule has 2 unspecified atom stereocenters. The van der Waals surface area contributed by atoms with E-state index >= 15 is 0 Å². The Labute approximate surface area is 116 Å². The molecule has 5 N–H and O–H groups in total. The Morgan fingerprint density at radius 3 is 2.89 bits per heavy atom. The van der Waals surface area contributed by atoms with E-state index in [4.69, 9.17) is 5.73 Å². The average Bonchev–Trinajstić information content (AvgIpc) is 2.32. The van der Waals surface area contributed by atoms with E-state index in [-0.39, 0.29) is 41.9 Å². The van der Waals surface area contributed by atoms with Crippen molar-refractivity contribution in [1.29, 1.82) is 0 Å². The summed E-state index contributed by atoms with van der Waals surface area (Å²) in [5, 5.41) is 8.54. The summed E-state index contributed by atoms with van der Waals surface area (Å²) in [7, 11) is 0. The van der Waals surface area contributed by atoms with Gasteiger partial charge in [0.15, 0.2) is 0 Å². The van der Waals surface area contributed by atoms with Gasteiger partial charge in [0.1, 0.15) is 5.50 Å². The van der Waals surface area contributed by atoms with Crippen LogP contribution in [0.3, 0.4) is 0 Å². The lowest BCUT2D eigenvalue weighted by atomic mass is 10.1. The number of hydrogen-bond acceptors (Lipinski definition) is 5. The van der Waals surface area contributed by atoms with Crippen molar-refractivity contribution in [1.82, 2.24) is 16.0 Å². The molecule has 19 heavy (non-hydrogen) atoms. The molecular formula is C11H20N4O3S. The predicted octanol–water partition coefficient (Wildman–Crippen LogP) is -1.12. The van der Waals surface area contributed by atoms with Crippen LogP contribution in [0.15, 0.2) is 0 Å². The first-order valence-corrected chi connectivity index (χ1v) is 7.28. The third-order valence-corrected chi connectivity index (χ3v) is 3.53. The molecule has 0 saturated carbocycles. The molecule has 1 rings (SSSR count). The minimum absolute atomic E-state index is 0.0695. The molecule has 2 atom stereocenters. The largest absolute Gasteiger partial charge is 0.370 e. The smallest absolute Gasteiger partial charge is 0.230 e. The second kappa shape index (κ2) is 8.00. The molecule has 0 spiro atoms. The minimum Gasteiger partial charge on any atom is -0.370 e. The van der Waals surface area contributed by atoms with Crippen molar-refractivity contribution in [3.63, 3.8) is 0 Å². The molecule has 0 radical (unpaired) electrons. The Bertz CT molecular complexity index is 349. The van der Waals surface area contributed by atoms with Gasteiger partial charge in [0.25, 0.3) is 0 Å². The van der Waals surface area contributed by atoms with Crippen LogP contribution in [0.5, 0.6) is 0 Å². The molecule has 0 bridgehead atoms. The van der Waals surface area contributed by atoms with E-state index in [1.807, 2.05) is 6.92 Å². The minimum atomic E-state index is -0.448. The van der Waals surface area contributed by atoms with Crippen LogP contribution in [0.4, 0.5) is 0 Å². The van der Waals surface area contributed by atoms with E-state index in [9.17, 15) is 14.4 Å². The Balaban J connectivity index is 2.34. The number of nitrogens with two attached hydrogens (primary N) is 1. The molecule has 1 aliphatic rings. The van der Waals surface area contributed by atoms with Crippen LogP contribution in [0.25, 0.3) is 0 Å². The van der Waals surface area contributed by atoms with Crippen molar-refractivity contribution in [2.75, 3.05) is 12.3 Å². The van der Waals surface area contributed by atoms with Gasteiger partial charge < -0.3 is 16.4 Å². The number of thioether (sulfide) groups is 1. The lowest BCUT2D eigenvalue weighted by molar-refractivity contribution is -0.124. The monoisotopic (exact) mass is 288 g/mol. The lowest BCUT2D eigenvalue weighted by Gasteiger charge is -2.30. The summed E-state index contributed by atoms with van der Waals surface area (Å²) in [6, 6.07) is -0.262. The van der Waals surface area contributed by atoms with Crippen molar-refractivity contribution in [3.8, 4) is 0 Å². The zero-order valence-electron chi connectivity index (χ0n) is 10.9. The molecule has 0 aromatic heterocycles. The van der Waals surface area contributed by atoms with Gasteiger partial charge in [-0.05, 0) is 6.42 Å². The van der Waals surface area contributed by atoms with E-state index < -0.39 is 5.91 Å². The van der Waals surface area contributed by atoms with Crippen molar-refractivity contribution < 1.29 is 14.4 Å². The maximum atomic E-state index is 11.5. The molecule has 1 heterocycles. The lowest BCUT2D eigenvalue weighted by Crippen LogP contribution is -2.55. The van der Waals surface area contributed by atoms with Crippen molar-refractivity contribution in [2.24, 2.45) is 5.73 Å². The standard InChI is InChI=1S/C11H20N4O3S/c1-2-3-13-10(18)6-19-11-14-7(4-8(12)16)5-9(17)15-11/h7,11,14H,2-6H2,1H3,(H2,12,16)(H,13,18)(H,15,17). The molecule has 108 valence electrons. The van der Waals surface area contributed by atoms with E-state index in [2.05, 4.69) is 16.0 Å². The number of nitrogens with one attached hydrogen (secondary N) is 3. The Hall–Kier alpha value is -1.28. The first-order chi connectivity index (χ1) is 9.01. The molecule has 8 heteroatoms. The summed E-state index contributed by atoms with van der Waals surface area (Å²) >= 11 is 1.28. The van der Waals surface area contributed by atoms with Crippen molar-refractivity contribution >= 4 is 29.5 Å². The number of rotatable bonds is 7. The Morgan fingerprint density at radius 2 is 2.26 bits per heavy atom. The summed E-state index contributed by atoms with van der Waals surface area (Å²) in [5.41, 5.74) is 4.75. The predicted molar refractivity (Wildman–Crippen MR) is 73.0 cm³/mol. The van der Waals surface area contributed by atoms with Crippen LogP contribution >= 0.6 is 11.8 Å². The molecule has 0 aliphatic carbocycles. The molecule has 1 saturated heterocycles. The van der Waals surface area contributed by atoms with Gasteiger partial charge in [-0.3, -0.25) is 19.7 Å². The molecular weight excluding hydrogens is 268 g/mol. The summed E-state index contributed by atoms with van der Waals surface area (Å²) in [6.07, 6.45) is 1.23. The SMILES string of the molecule is CCCNC(=O)CSC1NC(=O)CC(CC(N)=O)N1. The van der Waals surface area contributed by atoms with Crippen LogP contribution in [0, 0.1) is 0 Å². The van der Waals surface area contributed by atoms with E-state index in [1.165, 1.54) is 11.8 Å². The summed E-state index contributed by atoms with van der Waals surface area (Å²) < 4.78 is 0. The fourth-order valence-corrected chi connectivity index (χ4v) is 2.61. The highest BCUT2D eigenvalue weighted by Crippen LogP contribution is 2.13. The number of amides is 3. The normalized spacial score (nSPS) is 22.7. The second-order valence-corrected chi connectivity index (χ2v) is 5.44. The van der Waals surface area contributed by atoms with Crippen molar-refractivity contribution in [3.05, 3.63) is 0 Å². The second-order valence-electron chi connectivity index (χ2n) is 4.35. The van der Waals surface area contributed by atoms with E-state index in [0.29, 0.717) is 6.54 Å². The highest BCUT2D eigenvalue weighted by molar-refractivity contribution is 8.00. The van der Waals surface area contributed by atoms with Gasteiger partial charge >= 0.3 is 0 Å². The topological polar surface area (TPSA) is 113 Å². The highest BCUT2D eigenvalue weighted by atomic mass is 32.2. The van der Waals surface area contributed by atoms with Crippen molar-refractivity contribution in [2.45, 2.75) is 37.7 Å². The number of carbonyl (C=O) groups is 3. The van der Waals surface area contributed by atoms with Gasteiger partial charge in [-0.1, -0.05) is 6.92 Å². The molecule has 1 fully saturated rings. The van der Waals surface area contributed by atoms with Gasteiger partial charge in [-0.25, -0.2) is 0 Å². The number of hydrogen-bond donors (Lipinski definition) is 4. The van der Waals surface area contributed by atoms with E-state index in [1.54, 1.807) is 0 Å². The quantitative estimate of drug-likeness (QED) is 0.474. The van der Waals surface area contributed by atoms with Crippen LogP contribution in [-0.2, 0) is 14.4 Å². The first-order valence-electron chi connectivity index (χ1n) is 6.23. The molecule has 1 aliphatic heterocycles. The zero-order chi connectivity index (χ0) is 14.3. The zero-order valence-corrected chi connectivity index (χ0v) is 11.7. The molecule has 7 nitrogen and oxygen atoms in total. The van der Waals surface area contributed by atoms with Crippen LogP contribution in [0.2, 0.25) is 0 Å². The van der Waals surface area contributed by atoms with Crippen LogP contribution in [-0.4, -0.2) is 41.6 Å². The maximum absolute atomic E-state index is 11.5. The fourth-order valence-electron chi connectivity index (χ4n) is 1.68. The summed E-state index contributed by atoms with van der Waals surface area (Å²) in [6.45, 7) is 2.62. The van der Waals surface area contributed by atoms with Crippen LogP contribution < -0.4 is 21.7 Å². The summed E-state index contributed by atoms with van der Waals surface area (Å²) in [4.78, 5) is 33.7. The first kappa shape index (κ1) is 15.8. The number of primary amides is 1. The van der Waals surface area contributed by atoms with Gasteiger partial charge in [0, 0.05) is 25.4 Å².